The van der Waals surface area contributed by atoms with Crippen molar-refractivity contribution in [3.8, 4) is 5.75 Å². The Morgan fingerprint density at radius 3 is 2.42 bits per heavy atom. The van der Waals surface area contributed by atoms with Crippen LogP contribution in [-0.2, 0) is 4.79 Å². The first kappa shape index (κ1) is 17.9. The van der Waals surface area contributed by atoms with Gasteiger partial charge in [0.1, 0.15) is 5.75 Å². The van der Waals surface area contributed by atoms with Crippen LogP contribution in [0.5, 0.6) is 5.75 Å². The van der Waals surface area contributed by atoms with Crippen molar-refractivity contribution in [3.05, 3.63) is 54.1 Å². The molecule has 2 aromatic rings. The summed E-state index contributed by atoms with van der Waals surface area (Å²) in [5.41, 5.74) is 2.91. The third-order valence-electron chi connectivity index (χ3n) is 3.65. The highest BCUT2D eigenvalue weighted by Gasteiger charge is 2.09. The average Bonchev–Trinajstić information content (AvgIpc) is 2.59. The van der Waals surface area contributed by atoms with E-state index in [0.717, 1.165) is 12.1 Å². The largest absolute Gasteiger partial charge is 0.491 e. The van der Waals surface area contributed by atoms with Crippen LogP contribution in [0.2, 0.25) is 0 Å². The van der Waals surface area contributed by atoms with Crippen LogP contribution in [0.4, 0.5) is 11.4 Å². The van der Waals surface area contributed by atoms with E-state index in [-0.39, 0.29) is 12.5 Å². The van der Waals surface area contributed by atoms with Crippen molar-refractivity contribution in [2.45, 2.75) is 33.1 Å². The predicted molar refractivity (Wildman–Crippen MR) is 99.9 cm³/mol. The van der Waals surface area contributed by atoms with Gasteiger partial charge in [-0.15, -0.1) is 0 Å². The van der Waals surface area contributed by atoms with Crippen molar-refractivity contribution < 1.29 is 9.53 Å². The van der Waals surface area contributed by atoms with Crippen LogP contribution in [0, 0.1) is 0 Å². The lowest BCUT2D eigenvalue weighted by atomic mass is 10.0. The van der Waals surface area contributed by atoms with Gasteiger partial charge < -0.3 is 15.4 Å². The Kier molecular flexibility index (Phi) is 6.67. The van der Waals surface area contributed by atoms with Gasteiger partial charge in [0.25, 0.3) is 0 Å². The lowest BCUT2D eigenvalue weighted by Crippen LogP contribution is -2.22. The second-order valence-electron chi connectivity index (χ2n) is 5.99. The Labute approximate surface area is 144 Å². The number of hydrogen-bond donors (Lipinski definition) is 2. The number of anilines is 2. The van der Waals surface area contributed by atoms with E-state index in [4.69, 9.17) is 4.74 Å². The molecule has 0 aliphatic carbocycles. The smallest absolute Gasteiger partial charge is 0.243 e. The number of para-hydroxylation sites is 3. The van der Waals surface area contributed by atoms with Crippen LogP contribution in [0.3, 0.4) is 0 Å². The first-order valence-electron chi connectivity index (χ1n) is 8.46. The van der Waals surface area contributed by atoms with E-state index in [2.05, 4.69) is 37.5 Å². The molecule has 0 aromatic heterocycles. The molecule has 0 spiro atoms. The zero-order valence-corrected chi connectivity index (χ0v) is 14.6. The molecule has 1 amide bonds. The first-order chi connectivity index (χ1) is 11.6. The summed E-state index contributed by atoms with van der Waals surface area (Å²) in [7, 11) is 0. The molecule has 2 aromatic carbocycles. The monoisotopic (exact) mass is 326 g/mol. The maximum Gasteiger partial charge on any atom is 0.243 e. The first-order valence-corrected chi connectivity index (χ1v) is 8.46. The second-order valence-corrected chi connectivity index (χ2v) is 5.99. The van der Waals surface area contributed by atoms with Crippen LogP contribution >= 0.6 is 0 Å². The van der Waals surface area contributed by atoms with E-state index >= 15 is 0 Å². The van der Waals surface area contributed by atoms with E-state index in [1.54, 1.807) is 0 Å². The standard InChI is InChI=1S/C20H26N2O2/c1-4-13-24-19-12-8-7-11-18(19)22-20(23)14-21-17-10-6-5-9-16(17)15(2)3/h5-12,15,21H,4,13-14H2,1-3H3,(H,22,23). The highest BCUT2D eigenvalue weighted by atomic mass is 16.5. The van der Waals surface area contributed by atoms with Crippen LogP contribution < -0.4 is 15.4 Å². The number of carbonyl (C=O) groups excluding carboxylic acids is 1. The van der Waals surface area contributed by atoms with Gasteiger partial charge >= 0.3 is 0 Å². The van der Waals surface area contributed by atoms with E-state index in [0.29, 0.717) is 24.0 Å². The fraction of sp³-hybridized carbons (Fsp3) is 0.350. The molecule has 24 heavy (non-hydrogen) atoms. The summed E-state index contributed by atoms with van der Waals surface area (Å²) in [5, 5.41) is 6.14. The van der Waals surface area contributed by atoms with Crippen molar-refractivity contribution in [2.75, 3.05) is 23.8 Å². The van der Waals surface area contributed by atoms with Gasteiger partial charge in [0.05, 0.1) is 18.8 Å². The van der Waals surface area contributed by atoms with Gasteiger partial charge in [-0.05, 0) is 36.1 Å². The van der Waals surface area contributed by atoms with E-state index in [9.17, 15) is 4.79 Å². The summed E-state index contributed by atoms with van der Waals surface area (Å²) in [6, 6.07) is 15.6. The molecule has 0 saturated carbocycles. The van der Waals surface area contributed by atoms with Crippen LogP contribution in [0.25, 0.3) is 0 Å². The number of nitrogens with one attached hydrogen (secondary N) is 2. The van der Waals surface area contributed by atoms with E-state index in [1.807, 2.05) is 42.5 Å². The minimum atomic E-state index is -0.0962. The maximum atomic E-state index is 12.3. The summed E-state index contributed by atoms with van der Waals surface area (Å²) in [5.74, 6) is 1.01. The maximum absolute atomic E-state index is 12.3. The Morgan fingerprint density at radius 2 is 1.71 bits per heavy atom. The fourth-order valence-electron chi connectivity index (χ4n) is 2.44. The molecule has 0 unspecified atom stereocenters. The van der Waals surface area contributed by atoms with Crippen LogP contribution in [0.15, 0.2) is 48.5 Å². The molecule has 0 saturated heterocycles. The van der Waals surface area contributed by atoms with Crippen LogP contribution in [0.1, 0.15) is 38.7 Å². The summed E-state index contributed by atoms with van der Waals surface area (Å²) < 4.78 is 5.67. The van der Waals surface area contributed by atoms with Gasteiger partial charge in [0.15, 0.2) is 0 Å². The highest BCUT2D eigenvalue weighted by molar-refractivity contribution is 5.95. The number of ether oxygens (including phenoxy) is 1. The lowest BCUT2D eigenvalue weighted by molar-refractivity contribution is -0.114. The summed E-state index contributed by atoms with van der Waals surface area (Å²) in [6.07, 6.45) is 0.926. The van der Waals surface area contributed by atoms with Crippen molar-refractivity contribution in [1.29, 1.82) is 0 Å². The quantitative estimate of drug-likeness (QED) is 0.742. The summed E-state index contributed by atoms with van der Waals surface area (Å²) in [6.45, 7) is 7.18. The number of rotatable bonds is 8. The molecule has 128 valence electrons. The molecule has 0 fully saturated rings. The van der Waals surface area contributed by atoms with Crippen molar-refractivity contribution >= 4 is 17.3 Å². The van der Waals surface area contributed by atoms with Crippen molar-refractivity contribution in [2.24, 2.45) is 0 Å². The molecular weight excluding hydrogens is 300 g/mol. The molecule has 0 aliphatic heterocycles. The minimum Gasteiger partial charge on any atom is -0.491 e. The molecular formula is C20H26N2O2. The number of hydrogen-bond acceptors (Lipinski definition) is 3. The third kappa shape index (κ3) is 5.01. The van der Waals surface area contributed by atoms with Gasteiger partial charge in [-0.1, -0.05) is 51.1 Å². The molecule has 4 heteroatoms. The Bertz CT molecular complexity index is 668. The zero-order chi connectivity index (χ0) is 17.4. The zero-order valence-electron chi connectivity index (χ0n) is 14.6. The molecule has 0 heterocycles. The predicted octanol–water partition coefficient (Wildman–Crippen LogP) is 4.65. The van der Waals surface area contributed by atoms with Crippen LogP contribution in [-0.4, -0.2) is 19.1 Å². The Morgan fingerprint density at radius 1 is 1.04 bits per heavy atom. The molecule has 2 rings (SSSR count). The van der Waals surface area contributed by atoms with Gasteiger partial charge in [-0.25, -0.2) is 0 Å². The number of benzene rings is 2. The fourth-order valence-corrected chi connectivity index (χ4v) is 2.44. The molecule has 0 radical (unpaired) electrons. The Balaban J connectivity index is 1.97. The average molecular weight is 326 g/mol. The minimum absolute atomic E-state index is 0.0962. The van der Waals surface area contributed by atoms with Gasteiger partial charge in [-0.2, -0.15) is 0 Å². The number of amides is 1. The second kappa shape index (κ2) is 8.96. The molecule has 0 atom stereocenters. The van der Waals surface area contributed by atoms with E-state index in [1.165, 1.54) is 5.56 Å². The molecule has 0 aliphatic rings. The topological polar surface area (TPSA) is 50.4 Å². The Hall–Kier alpha value is -2.49. The molecule has 0 bridgehead atoms. The summed E-state index contributed by atoms with van der Waals surface area (Å²) in [4.78, 5) is 12.3. The van der Waals surface area contributed by atoms with Gasteiger partial charge in [0, 0.05) is 5.69 Å². The van der Waals surface area contributed by atoms with Crippen molar-refractivity contribution in [1.82, 2.24) is 0 Å². The SMILES string of the molecule is CCCOc1ccccc1NC(=O)CNc1ccccc1C(C)C. The van der Waals surface area contributed by atoms with Gasteiger partial charge in [0.2, 0.25) is 5.91 Å². The van der Waals surface area contributed by atoms with E-state index < -0.39 is 0 Å². The third-order valence-corrected chi connectivity index (χ3v) is 3.65. The molecule has 4 nitrogen and oxygen atoms in total. The van der Waals surface area contributed by atoms with Crippen molar-refractivity contribution in [3.63, 3.8) is 0 Å². The normalized spacial score (nSPS) is 10.5. The highest BCUT2D eigenvalue weighted by Crippen LogP contribution is 2.25. The lowest BCUT2D eigenvalue weighted by Gasteiger charge is -2.15. The molecule has 2 N–H and O–H groups in total. The summed E-state index contributed by atoms with van der Waals surface area (Å²) >= 11 is 0. The number of carbonyl (C=O) groups is 1. The van der Waals surface area contributed by atoms with Gasteiger partial charge in [-0.3, -0.25) is 4.79 Å².